The van der Waals surface area contributed by atoms with Gasteiger partial charge in [-0.1, -0.05) is 19.9 Å². The number of hydrogen-bond donors (Lipinski definition) is 5. The van der Waals surface area contributed by atoms with Gasteiger partial charge in [-0.05, 0) is 55.7 Å². The number of guanidine groups is 1. The van der Waals surface area contributed by atoms with Gasteiger partial charge >= 0.3 is 0 Å². The molecule has 0 unspecified atom stereocenters. The Labute approximate surface area is 189 Å². The third-order valence-electron chi connectivity index (χ3n) is 5.46. The summed E-state index contributed by atoms with van der Waals surface area (Å²) in [7, 11) is 3.06. The van der Waals surface area contributed by atoms with E-state index >= 15 is 0 Å². The van der Waals surface area contributed by atoms with Gasteiger partial charge in [0, 0.05) is 6.04 Å². The lowest BCUT2D eigenvalue weighted by Gasteiger charge is -2.29. The molecular formula is C23H36N4O5. The van der Waals surface area contributed by atoms with E-state index in [1.54, 1.807) is 25.3 Å². The standard InChI is InChI=1S/C23H36N4O5/c1-14(2)11-18(22(30)25-16-6-8-17(28)9-7-16)26-23(24)27-21(29)13-15-5-10-19(31-3)20(12-15)32-4/h5,10,12,14,16-18,28H,6-9,11,13H2,1-4H3,(H,25,30)(H3,24,26,27,29)/t16-,17-,18-/m1/s1. The minimum atomic E-state index is -0.629. The zero-order chi connectivity index (χ0) is 23.7. The highest BCUT2D eigenvalue weighted by atomic mass is 16.5. The fourth-order valence-corrected chi connectivity index (χ4v) is 3.79. The average molecular weight is 449 g/mol. The maximum absolute atomic E-state index is 12.8. The molecule has 0 saturated heterocycles. The number of hydrogen-bond acceptors (Lipinski definition) is 6. The summed E-state index contributed by atoms with van der Waals surface area (Å²) in [6, 6.07) is 4.59. The molecule has 2 rings (SSSR count). The van der Waals surface area contributed by atoms with E-state index in [4.69, 9.17) is 14.9 Å². The molecule has 1 atom stereocenters. The highest BCUT2D eigenvalue weighted by Crippen LogP contribution is 2.27. The number of benzene rings is 1. The molecule has 2 amide bonds. The molecule has 178 valence electrons. The van der Waals surface area contributed by atoms with Crippen LogP contribution in [-0.4, -0.2) is 55.3 Å². The summed E-state index contributed by atoms with van der Waals surface area (Å²) in [5, 5.41) is 26.2. The van der Waals surface area contributed by atoms with Crippen molar-refractivity contribution in [2.75, 3.05) is 14.2 Å². The molecular weight excluding hydrogens is 412 g/mol. The SMILES string of the molecule is COc1ccc(CC(=O)NC(=N)N[C@H](CC(C)C)C(=O)N[C@H]2CC[C@H](O)CC2)cc1OC. The zero-order valence-electron chi connectivity index (χ0n) is 19.4. The molecule has 1 aromatic rings. The van der Waals surface area contributed by atoms with Crippen molar-refractivity contribution in [2.24, 2.45) is 5.92 Å². The Bertz CT molecular complexity index is 791. The number of amides is 2. The summed E-state index contributed by atoms with van der Waals surface area (Å²) in [5.74, 6) is 0.534. The molecule has 0 bridgehead atoms. The molecule has 1 fully saturated rings. The lowest BCUT2D eigenvalue weighted by Crippen LogP contribution is -2.54. The third kappa shape index (κ3) is 8.03. The van der Waals surface area contributed by atoms with E-state index in [9.17, 15) is 14.7 Å². The summed E-state index contributed by atoms with van der Waals surface area (Å²) in [5.41, 5.74) is 0.712. The van der Waals surface area contributed by atoms with Crippen molar-refractivity contribution in [1.82, 2.24) is 16.0 Å². The Morgan fingerprint density at radius 1 is 1.12 bits per heavy atom. The zero-order valence-corrected chi connectivity index (χ0v) is 19.4. The van der Waals surface area contributed by atoms with Crippen LogP contribution in [-0.2, 0) is 16.0 Å². The molecule has 9 nitrogen and oxygen atoms in total. The van der Waals surface area contributed by atoms with Crippen LogP contribution in [0.1, 0.15) is 51.5 Å². The van der Waals surface area contributed by atoms with Gasteiger partial charge in [-0.25, -0.2) is 0 Å². The molecule has 9 heteroatoms. The number of ether oxygens (including phenoxy) is 2. The minimum Gasteiger partial charge on any atom is -0.493 e. The summed E-state index contributed by atoms with van der Waals surface area (Å²) < 4.78 is 10.5. The molecule has 0 heterocycles. The van der Waals surface area contributed by atoms with Crippen LogP contribution in [0, 0.1) is 11.3 Å². The van der Waals surface area contributed by atoms with E-state index in [-0.39, 0.29) is 42.3 Å². The molecule has 0 aromatic heterocycles. The van der Waals surface area contributed by atoms with Crippen molar-refractivity contribution < 1.29 is 24.2 Å². The first-order chi connectivity index (χ1) is 15.2. The van der Waals surface area contributed by atoms with E-state index in [0.717, 1.165) is 12.8 Å². The maximum Gasteiger partial charge on any atom is 0.242 e. The second kappa shape index (κ2) is 12.3. The van der Waals surface area contributed by atoms with Crippen LogP contribution >= 0.6 is 0 Å². The third-order valence-corrected chi connectivity index (χ3v) is 5.46. The second-order valence-corrected chi connectivity index (χ2v) is 8.63. The lowest BCUT2D eigenvalue weighted by atomic mass is 9.92. The van der Waals surface area contributed by atoms with E-state index < -0.39 is 6.04 Å². The Balaban J connectivity index is 1.91. The van der Waals surface area contributed by atoms with Crippen molar-refractivity contribution in [2.45, 2.75) is 70.6 Å². The first-order valence-corrected chi connectivity index (χ1v) is 11.1. The molecule has 1 aliphatic carbocycles. The minimum absolute atomic E-state index is 0.0242. The highest BCUT2D eigenvalue weighted by molar-refractivity contribution is 5.98. The normalized spacial score (nSPS) is 19.1. The van der Waals surface area contributed by atoms with Gasteiger partial charge in [0.1, 0.15) is 6.04 Å². The quantitative estimate of drug-likeness (QED) is 0.289. The predicted molar refractivity (Wildman–Crippen MR) is 122 cm³/mol. The van der Waals surface area contributed by atoms with Crippen LogP contribution < -0.4 is 25.4 Å². The van der Waals surface area contributed by atoms with Gasteiger partial charge in [0.15, 0.2) is 17.5 Å². The fraction of sp³-hybridized carbons (Fsp3) is 0.609. The first-order valence-electron chi connectivity index (χ1n) is 11.1. The summed E-state index contributed by atoms with van der Waals surface area (Å²) in [4.78, 5) is 25.2. The molecule has 0 spiro atoms. The van der Waals surface area contributed by atoms with E-state index in [1.807, 2.05) is 13.8 Å². The van der Waals surface area contributed by atoms with Crippen molar-refractivity contribution >= 4 is 17.8 Å². The molecule has 1 saturated carbocycles. The van der Waals surface area contributed by atoms with Gasteiger partial charge in [0.05, 0.1) is 26.7 Å². The largest absolute Gasteiger partial charge is 0.493 e. The van der Waals surface area contributed by atoms with Crippen molar-refractivity contribution in [3.63, 3.8) is 0 Å². The molecule has 1 aromatic carbocycles. The number of nitrogens with one attached hydrogen (secondary N) is 4. The Morgan fingerprint density at radius 2 is 1.78 bits per heavy atom. The van der Waals surface area contributed by atoms with Gasteiger partial charge in [-0.2, -0.15) is 0 Å². The van der Waals surface area contributed by atoms with Crippen molar-refractivity contribution in [3.8, 4) is 11.5 Å². The summed E-state index contributed by atoms with van der Waals surface area (Å²) in [6.45, 7) is 4.00. The smallest absolute Gasteiger partial charge is 0.242 e. The summed E-state index contributed by atoms with van der Waals surface area (Å²) >= 11 is 0. The van der Waals surface area contributed by atoms with E-state index in [2.05, 4.69) is 16.0 Å². The summed E-state index contributed by atoms with van der Waals surface area (Å²) in [6.07, 6.45) is 3.11. The monoisotopic (exact) mass is 448 g/mol. The number of aliphatic hydroxyl groups excluding tert-OH is 1. The average Bonchev–Trinajstić information content (AvgIpc) is 2.74. The van der Waals surface area contributed by atoms with Crippen molar-refractivity contribution in [1.29, 1.82) is 5.41 Å². The van der Waals surface area contributed by atoms with Gasteiger partial charge < -0.3 is 25.2 Å². The van der Waals surface area contributed by atoms with Crippen LogP contribution in [0.4, 0.5) is 0 Å². The number of aliphatic hydroxyl groups is 1. The number of methoxy groups -OCH3 is 2. The van der Waals surface area contributed by atoms with Gasteiger partial charge in [-0.3, -0.25) is 20.3 Å². The van der Waals surface area contributed by atoms with Gasteiger partial charge in [0.2, 0.25) is 11.8 Å². The molecule has 32 heavy (non-hydrogen) atoms. The lowest BCUT2D eigenvalue weighted by molar-refractivity contribution is -0.124. The first kappa shape index (κ1) is 25.5. The van der Waals surface area contributed by atoms with E-state index in [0.29, 0.717) is 36.3 Å². The van der Waals surface area contributed by atoms with Gasteiger partial charge in [0.25, 0.3) is 0 Å². The molecule has 0 radical (unpaired) electrons. The van der Waals surface area contributed by atoms with Crippen LogP contribution in [0.5, 0.6) is 11.5 Å². The topological polar surface area (TPSA) is 133 Å². The van der Waals surface area contributed by atoms with Crippen LogP contribution in [0.25, 0.3) is 0 Å². The Kier molecular flexibility index (Phi) is 9.77. The Morgan fingerprint density at radius 3 is 2.38 bits per heavy atom. The van der Waals surface area contributed by atoms with Crippen LogP contribution in [0.15, 0.2) is 18.2 Å². The predicted octanol–water partition coefficient (Wildman–Crippen LogP) is 1.72. The second-order valence-electron chi connectivity index (χ2n) is 8.63. The van der Waals surface area contributed by atoms with Crippen LogP contribution in [0.3, 0.4) is 0 Å². The number of carbonyl (C=O) groups excluding carboxylic acids is 2. The number of carbonyl (C=O) groups is 2. The fourth-order valence-electron chi connectivity index (χ4n) is 3.79. The maximum atomic E-state index is 12.8. The molecule has 5 N–H and O–H groups in total. The van der Waals surface area contributed by atoms with Crippen molar-refractivity contribution in [3.05, 3.63) is 23.8 Å². The Hall–Kier alpha value is -2.81. The highest BCUT2D eigenvalue weighted by Gasteiger charge is 2.26. The molecule has 1 aliphatic rings. The number of rotatable bonds is 9. The van der Waals surface area contributed by atoms with E-state index in [1.165, 1.54) is 7.11 Å². The van der Waals surface area contributed by atoms with Crippen LogP contribution in [0.2, 0.25) is 0 Å². The molecule has 0 aliphatic heterocycles. The van der Waals surface area contributed by atoms with Gasteiger partial charge in [-0.15, -0.1) is 0 Å².